The van der Waals surface area contributed by atoms with Gasteiger partial charge in [-0.25, -0.2) is 4.79 Å². The molecular weight excluding hydrogens is 382 g/mol. The average Bonchev–Trinajstić information content (AvgIpc) is 2.99. The molecule has 7 nitrogen and oxygen atoms in total. The molecule has 1 atom stereocenters. The standard InChI is InChI=1S/C23H25N3O4/c27-20(14-23(30)18-8-4-5-9-19(18)26-21(23)28)15-10-12-17(13-11-15)25-22(29)24-16-6-2-1-3-7-16/h4-5,8-13,16,30H,1-3,6-7,14H2,(H,26,28)(H2,24,25,29)/t23-/m1/s1. The van der Waals surface area contributed by atoms with Crippen molar-refractivity contribution in [2.75, 3.05) is 10.6 Å². The quantitative estimate of drug-likeness (QED) is 0.569. The van der Waals surface area contributed by atoms with Gasteiger partial charge in [0.15, 0.2) is 11.4 Å². The van der Waals surface area contributed by atoms with Gasteiger partial charge in [-0.1, -0.05) is 37.5 Å². The topological polar surface area (TPSA) is 108 Å². The van der Waals surface area contributed by atoms with Crippen LogP contribution < -0.4 is 16.0 Å². The van der Waals surface area contributed by atoms with Crippen molar-refractivity contribution in [3.05, 3.63) is 59.7 Å². The molecule has 4 rings (SSSR count). The van der Waals surface area contributed by atoms with Crippen LogP contribution in [0.25, 0.3) is 0 Å². The average molecular weight is 407 g/mol. The molecule has 0 bridgehead atoms. The number of carbonyl (C=O) groups is 3. The maximum atomic E-state index is 12.7. The fraction of sp³-hybridized carbons (Fsp3) is 0.348. The Balaban J connectivity index is 1.38. The number of hydrogen-bond acceptors (Lipinski definition) is 4. The molecule has 2 aromatic carbocycles. The summed E-state index contributed by atoms with van der Waals surface area (Å²) < 4.78 is 0. The van der Waals surface area contributed by atoms with Crippen LogP contribution in [0.15, 0.2) is 48.5 Å². The summed E-state index contributed by atoms with van der Waals surface area (Å²) >= 11 is 0. The van der Waals surface area contributed by atoms with E-state index in [-0.39, 0.29) is 24.3 Å². The first-order valence-electron chi connectivity index (χ1n) is 10.3. The Labute approximate surface area is 174 Å². The second kappa shape index (κ2) is 8.28. The zero-order valence-corrected chi connectivity index (χ0v) is 16.6. The van der Waals surface area contributed by atoms with Gasteiger partial charge in [-0.05, 0) is 43.2 Å². The van der Waals surface area contributed by atoms with Crippen molar-refractivity contribution in [3.63, 3.8) is 0 Å². The fourth-order valence-corrected chi connectivity index (χ4v) is 4.15. The number of rotatable bonds is 5. The summed E-state index contributed by atoms with van der Waals surface area (Å²) in [5.74, 6) is -0.961. The number of amides is 3. The van der Waals surface area contributed by atoms with Crippen molar-refractivity contribution >= 4 is 29.1 Å². The lowest BCUT2D eigenvalue weighted by molar-refractivity contribution is -0.133. The number of ketones is 1. The minimum atomic E-state index is -1.88. The van der Waals surface area contributed by atoms with E-state index in [9.17, 15) is 19.5 Å². The van der Waals surface area contributed by atoms with Crippen LogP contribution in [0.1, 0.15) is 54.4 Å². The second-order valence-corrected chi connectivity index (χ2v) is 7.97. The third-order valence-corrected chi connectivity index (χ3v) is 5.82. The van der Waals surface area contributed by atoms with E-state index < -0.39 is 11.5 Å². The Kier molecular flexibility index (Phi) is 5.55. The molecular formula is C23H25N3O4. The van der Waals surface area contributed by atoms with Crippen LogP contribution in [0.4, 0.5) is 16.2 Å². The molecule has 1 aliphatic carbocycles. The van der Waals surface area contributed by atoms with Crippen LogP contribution in [0, 0.1) is 0 Å². The lowest BCUT2D eigenvalue weighted by Gasteiger charge is -2.23. The van der Waals surface area contributed by atoms with Gasteiger partial charge in [-0.2, -0.15) is 0 Å². The molecule has 0 spiro atoms. The Hall–Kier alpha value is -3.19. The van der Waals surface area contributed by atoms with Gasteiger partial charge in [0.1, 0.15) is 0 Å². The van der Waals surface area contributed by atoms with E-state index in [0.717, 1.165) is 25.7 Å². The van der Waals surface area contributed by atoms with Crippen molar-refractivity contribution in [3.8, 4) is 0 Å². The van der Waals surface area contributed by atoms with E-state index in [4.69, 9.17) is 0 Å². The number of carbonyl (C=O) groups excluding carboxylic acids is 3. The molecule has 4 N–H and O–H groups in total. The maximum Gasteiger partial charge on any atom is 0.319 e. The van der Waals surface area contributed by atoms with Crippen molar-refractivity contribution < 1.29 is 19.5 Å². The van der Waals surface area contributed by atoms with Crippen LogP contribution in [-0.2, 0) is 10.4 Å². The molecule has 1 aliphatic heterocycles. The first-order valence-corrected chi connectivity index (χ1v) is 10.3. The Morgan fingerprint density at radius 3 is 2.47 bits per heavy atom. The second-order valence-electron chi connectivity index (χ2n) is 7.97. The number of benzene rings is 2. The molecule has 7 heteroatoms. The van der Waals surface area contributed by atoms with Gasteiger partial charge in [0.05, 0.1) is 6.42 Å². The molecule has 156 valence electrons. The number of fused-ring (bicyclic) bond motifs is 1. The normalized spacial score (nSPS) is 20.9. The van der Waals surface area contributed by atoms with E-state index in [1.807, 2.05) is 0 Å². The van der Waals surface area contributed by atoms with Crippen LogP contribution in [0.2, 0.25) is 0 Å². The molecule has 3 amide bonds. The van der Waals surface area contributed by atoms with Crippen molar-refractivity contribution in [2.24, 2.45) is 0 Å². The van der Waals surface area contributed by atoms with E-state index in [0.29, 0.717) is 22.5 Å². The van der Waals surface area contributed by atoms with Gasteiger partial charge in [-0.3, -0.25) is 9.59 Å². The minimum absolute atomic E-state index is 0.209. The molecule has 1 heterocycles. The van der Waals surface area contributed by atoms with Crippen molar-refractivity contribution in [1.82, 2.24) is 5.32 Å². The summed E-state index contributed by atoms with van der Waals surface area (Å²) in [7, 11) is 0. The molecule has 2 aromatic rings. The number of anilines is 2. The third kappa shape index (κ3) is 4.07. The molecule has 0 unspecified atom stereocenters. The zero-order valence-electron chi connectivity index (χ0n) is 16.6. The van der Waals surface area contributed by atoms with Gasteiger partial charge in [0, 0.05) is 28.5 Å². The van der Waals surface area contributed by atoms with Gasteiger partial charge < -0.3 is 21.1 Å². The van der Waals surface area contributed by atoms with Crippen LogP contribution >= 0.6 is 0 Å². The largest absolute Gasteiger partial charge is 0.375 e. The maximum absolute atomic E-state index is 12.7. The third-order valence-electron chi connectivity index (χ3n) is 5.82. The van der Waals surface area contributed by atoms with E-state index in [2.05, 4.69) is 16.0 Å². The van der Waals surface area contributed by atoms with E-state index in [1.54, 1.807) is 48.5 Å². The summed E-state index contributed by atoms with van der Waals surface area (Å²) in [6, 6.07) is 13.2. The highest BCUT2D eigenvalue weighted by molar-refractivity contribution is 6.09. The Morgan fingerprint density at radius 1 is 1.03 bits per heavy atom. The molecule has 1 saturated carbocycles. The highest BCUT2D eigenvalue weighted by atomic mass is 16.3. The van der Waals surface area contributed by atoms with E-state index in [1.165, 1.54) is 6.42 Å². The van der Waals surface area contributed by atoms with Gasteiger partial charge in [-0.15, -0.1) is 0 Å². The molecule has 2 aliphatic rings. The number of hydrogen-bond donors (Lipinski definition) is 4. The SMILES string of the molecule is O=C(Nc1ccc(C(=O)C[C@]2(O)C(=O)Nc3ccccc32)cc1)NC1CCCCC1. The number of aliphatic hydroxyl groups is 1. The van der Waals surface area contributed by atoms with Crippen LogP contribution in [0.3, 0.4) is 0 Å². The first kappa shape index (κ1) is 20.1. The van der Waals surface area contributed by atoms with Crippen LogP contribution in [0.5, 0.6) is 0 Å². The molecule has 0 radical (unpaired) electrons. The number of para-hydroxylation sites is 1. The summed E-state index contributed by atoms with van der Waals surface area (Å²) in [6.07, 6.45) is 5.14. The molecule has 1 fully saturated rings. The highest BCUT2D eigenvalue weighted by Crippen LogP contribution is 2.38. The summed E-state index contributed by atoms with van der Waals surface area (Å²) in [4.78, 5) is 37.2. The predicted octanol–water partition coefficient (Wildman–Crippen LogP) is 3.55. The van der Waals surface area contributed by atoms with Crippen molar-refractivity contribution in [2.45, 2.75) is 50.2 Å². The molecule has 0 aromatic heterocycles. The fourth-order valence-electron chi connectivity index (χ4n) is 4.15. The minimum Gasteiger partial charge on any atom is -0.375 e. The lowest BCUT2D eigenvalue weighted by atomic mass is 9.88. The number of nitrogens with one attached hydrogen (secondary N) is 3. The summed E-state index contributed by atoms with van der Waals surface area (Å²) in [5, 5.41) is 19.2. The molecule has 30 heavy (non-hydrogen) atoms. The van der Waals surface area contributed by atoms with Gasteiger partial charge in [0.2, 0.25) is 0 Å². The van der Waals surface area contributed by atoms with E-state index >= 15 is 0 Å². The number of Topliss-reactive ketones (excluding diaryl/α,β-unsaturated/α-hetero) is 1. The number of urea groups is 1. The van der Waals surface area contributed by atoms with Crippen LogP contribution in [-0.4, -0.2) is 28.9 Å². The Bertz CT molecular complexity index is 967. The highest BCUT2D eigenvalue weighted by Gasteiger charge is 2.46. The Morgan fingerprint density at radius 2 is 1.73 bits per heavy atom. The van der Waals surface area contributed by atoms with Gasteiger partial charge >= 0.3 is 6.03 Å². The smallest absolute Gasteiger partial charge is 0.319 e. The summed E-state index contributed by atoms with van der Waals surface area (Å²) in [6.45, 7) is 0. The molecule has 0 saturated heterocycles. The summed E-state index contributed by atoms with van der Waals surface area (Å²) in [5.41, 5.74) is -0.0338. The van der Waals surface area contributed by atoms with Crippen molar-refractivity contribution in [1.29, 1.82) is 0 Å². The monoisotopic (exact) mass is 407 g/mol. The predicted molar refractivity (Wildman–Crippen MR) is 113 cm³/mol. The first-order chi connectivity index (χ1) is 14.5. The zero-order chi connectivity index (χ0) is 21.1. The van der Waals surface area contributed by atoms with Gasteiger partial charge in [0.25, 0.3) is 5.91 Å². The lowest BCUT2D eigenvalue weighted by Crippen LogP contribution is -2.39.